The minimum Gasteiger partial charge on any atom is -0.385 e. The molecule has 0 fully saturated rings. The first-order valence-electron chi connectivity index (χ1n) is 8.51. The zero-order valence-electron chi connectivity index (χ0n) is 16.0. The van der Waals surface area contributed by atoms with Crippen LogP contribution in [0.5, 0.6) is 0 Å². The normalized spacial score (nSPS) is 14.1. The van der Waals surface area contributed by atoms with Crippen molar-refractivity contribution in [2.24, 2.45) is 16.5 Å². The summed E-state index contributed by atoms with van der Waals surface area (Å²) in [5.74, 6) is 0. The van der Waals surface area contributed by atoms with Gasteiger partial charge in [0.05, 0.1) is 16.2 Å². The van der Waals surface area contributed by atoms with E-state index in [0.29, 0.717) is 22.5 Å². The summed E-state index contributed by atoms with van der Waals surface area (Å²) < 4.78 is 18.0. The number of benzene rings is 1. The van der Waals surface area contributed by atoms with Crippen LogP contribution < -0.4 is 10.5 Å². The average molecular weight is 423 g/mol. The number of fused-ring (bicyclic) bond motifs is 1. The maximum absolute atomic E-state index is 12.7. The summed E-state index contributed by atoms with van der Waals surface area (Å²) in [5, 5.41) is 23.7. The van der Waals surface area contributed by atoms with E-state index in [2.05, 4.69) is 19.8 Å². The second kappa shape index (κ2) is 7.24. The Bertz CT molecular complexity index is 1170. The smallest absolute Gasteiger partial charge is 0.355 e. The van der Waals surface area contributed by atoms with Gasteiger partial charge >= 0.3 is 6.03 Å². The molecule has 150 valence electrons. The fraction of sp³-hybridized carbons (Fsp3) is 0.353. The van der Waals surface area contributed by atoms with Crippen molar-refractivity contribution in [3.05, 3.63) is 35.0 Å². The number of nitrogens with zero attached hydrogens (tertiary/aromatic N) is 4. The molecule has 0 spiro atoms. The molecule has 1 atom stereocenters. The molecule has 0 radical (unpaired) electrons. The Kier molecular flexibility index (Phi) is 5.28. The summed E-state index contributed by atoms with van der Waals surface area (Å²) in [4.78, 5) is 16.9. The summed E-state index contributed by atoms with van der Waals surface area (Å²) in [7, 11) is -1.76. The molecular weight excluding hydrogens is 400 g/mol. The first kappa shape index (κ1) is 20.4. The molecule has 11 heteroatoms. The number of carbonyl (C=O) groups is 1. The number of nitrogens with two attached hydrogens (primary N) is 1. The van der Waals surface area contributed by atoms with Gasteiger partial charge in [0.2, 0.25) is 4.34 Å². The average Bonchev–Trinajstić information content (AvgIpc) is 3.20. The fourth-order valence-electron chi connectivity index (χ4n) is 2.65. The minimum atomic E-state index is -3.55. The van der Waals surface area contributed by atoms with Crippen molar-refractivity contribution in [1.82, 2.24) is 14.8 Å². The lowest BCUT2D eigenvalue weighted by Gasteiger charge is -2.13. The quantitative estimate of drug-likeness (QED) is 0.594. The number of rotatable bonds is 4. The molecule has 9 nitrogen and oxygen atoms in total. The summed E-state index contributed by atoms with van der Waals surface area (Å²) in [5.41, 5.74) is 0.850. The summed E-state index contributed by atoms with van der Waals surface area (Å²) in [6.45, 7) is 5.11. The van der Waals surface area contributed by atoms with Crippen LogP contribution in [0.1, 0.15) is 31.2 Å². The second-order valence-corrected chi connectivity index (χ2v) is 9.83. The third kappa shape index (κ3) is 4.07. The first-order chi connectivity index (χ1) is 13.0. The van der Waals surface area contributed by atoms with E-state index < -0.39 is 21.5 Å². The first-order valence-corrected chi connectivity index (χ1v) is 10.9. The van der Waals surface area contributed by atoms with Crippen LogP contribution >= 0.6 is 11.3 Å². The lowest BCUT2D eigenvalue weighted by Crippen LogP contribution is -2.18. The monoisotopic (exact) mass is 422 g/mol. The molecule has 0 aliphatic carbocycles. The third-order valence-corrected chi connectivity index (χ3v) is 7.16. The van der Waals surface area contributed by atoms with Crippen LogP contribution in [0.15, 0.2) is 33.2 Å². The topological polar surface area (TPSA) is 135 Å². The van der Waals surface area contributed by atoms with Crippen LogP contribution in [-0.4, -0.2) is 30.1 Å². The van der Waals surface area contributed by atoms with Gasteiger partial charge in [0.1, 0.15) is 5.52 Å². The van der Waals surface area contributed by atoms with Gasteiger partial charge in [-0.2, -0.15) is 5.10 Å². The molecule has 3 aromatic rings. The zero-order valence-corrected chi connectivity index (χ0v) is 17.6. The Morgan fingerprint density at radius 1 is 1.46 bits per heavy atom. The predicted molar refractivity (Wildman–Crippen MR) is 109 cm³/mol. The largest absolute Gasteiger partial charge is 0.385 e. The molecule has 0 aliphatic rings. The van der Waals surface area contributed by atoms with Crippen molar-refractivity contribution in [1.29, 1.82) is 0 Å². The number of anilines is 1. The Hall–Kier alpha value is -2.34. The number of aromatic nitrogens is 3. The van der Waals surface area contributed by atoms with Crippen molar-refractivity contribution >= 4 is 43.9 Å². The van der Waals surface area contributed by atoms with Crippen molar-refractivity contribution < 1.29 is 14.1 Å². The van der Waals surface area contributed by atoms with Crippen LogP contribution in [0.3, 0.4) is 0 Å². The van der Waals surface area contributed by atoms with E-state index in [-0.39, 0.29) is 4.34 Å². The molecule has 0 bridgehead atoms. The molecule has 0 saturated heterocycles. The van der Waals surface area contributed by atoms with Gasteiger partial charge in [0.25, 0.3) is 0 Å². The maximum Gasteiger partial charge on any atom is 0.355 e. The van der Waals surface area contributed by atoms with Crippen molar-refractivity contribution in [3.63, 3.8) is 0 Å². The van der Waals surface area contributed by atoms with E-state index >= 15 is 0 Å². The SMILES string of the molecule is CCc1ccc2cn(C)nc2c1NC(=O)N=[S@](N)(=O)c1ncc(C(C)(C)O)s1. The number of aliphatic hydroxyl groups is 1. The Balaban J connectivity index is 1.96. The molecule has 1 aromatic carbocycles. The molecular formula is C17H22N6O3S2. The Morgan fingerprint density at radius 3 is 2.79 bits per heavy atom. The molecule has 0 aliphatic heterocycles. The van der Waals surface area contributed by atoms with E-state index in [4.69, 9.17) is 5.14 Å². The van der Waals surface area contributed by atoms with Gasteiger partial charge in [-0.1, -0.05) is 19.1 Å². The van der Waals surface area contributed by atoms with E-state index in [9.17, 15) is 14.1 Å². The van der Waals surface area contributed by atoms with Crippen LogP contribution in [0, 0.1) is 0 Å². The van der Waals surface area contributed by atoms with E-state index in [1.165, 1.54) is 6.20 Å². The lowest BCUT2D eigenvalue weighted by atomic mass is 10.1. The van der Waals surface area contributed by atoms with Crippen LogP contribution in [0.2, 0.25) is 0 Å². The van der Waals surface area contributed by atoms with E-state index in [1.54, 1.807) is 25.6 Å². The minimum absolute atomic E-state index is 0.0217. The molecule has 2 aromatic heterocycles. The molecule has 2 amide bonds. The summed E-state index contributed by atoms with van der Waals surface area (Å²) in [6, 6.07) is 2.98. The fourth-order valence-corrected chi connectivity index (χ4v) is 4.73. The van der Waals surface area contributed by atoms with Gasteiger partial charge in [-0.25, -0.2) is 19.1 Å². The molecule has 28 heavy (non-hydrogen) atoms. The number of nitrogens with one attached hydrogen (secondary N) is 1. The number of hydrogen-bond donors (Lipinski definition) is 3. The maximum atomic E-state index is 12.7. The Morgan fingerprint density at radius 2 is 2.18 bits per heavy atom. The number of amides is 2. The standard InChI is InChI=1S/C17H22N6O3S2/c1-5-10-6-7-11-9-23(4)21-14(11)13(10)20-15(24)22-28(18,26)16-19-8-12(27-16)17(2,3)25/h6-9,25H,5H2,1-4H3,(H3,18,20,22,24,26)/t28-/m0/s1. The molecule has 4 N–H and O–H groups in total. The highest BCUT2D eigenvalue weighted by Crippen LogP contribution is 2.29. The van der Waals surface area contributed by atoms with Crippen LogP contribution in [0.4, 0.5) is 10.5 Å². The van der Waals surface area contributed by atoms with Crippen molar-refractivity contribution in [2.75, 3.05) is 5.32 Å². The highest BCUT2D eigenvalue weighted by atomic mass is 32.2. The molecule has 3 rings (SSSR count). The predicted octanol–water partition coefficient (Wildman–Crippen LogP) is 2.75. The number of thiazole rings is 1. The van der Waals surface area contributed by atoms with Crippen molar-refractivity contribution in [2.45, 2.75) is 37.1 Å². The number of urea groups is 1. The van der Waals surface area contributed by atoms with Gasteiger partial charge in [-0.05, 0) is 25.8 Å². The van der Waals surface area contributed by atoms with Crippen molar-refractivity contribution in [3.8, 4) is 0 Å². The van der Waals surface area contributed by atoms with Gasteiger partial charge in [0, 0.05) is 24.8 Å². The van der Waals surface area contributed by atoms with Crippen LogP contribution in [0.25, 0.3) is 10.9 Å². The van der Waals surface area contributed by atoms with Gasteiger partial charge in [0.15, 0.2) is 9.92 Å². The lowest BCUT2D eigenvalue weighted by molar-refractivity contribution is 0.0823. The van der Waals surface area contributed by atoms with E-state index in [1.807, 2.05) is 25.3 Å². The second-order valence-electron chi connectivity index (χ2n) is 6.83. The molecule has 2 heterocycles. The zero-order chi connectivity index (χ0) is 20.7. The van der Waals surface area contributed by atoms with Crippen LogP contribution in [-0.2, 0) is 29.0 Å². The van der Waals surface area contributed by atoms with Gasteiger partial charge in [-0.15, -0.1) is 15.7 Å². The highest BCUT2D eigenvalue weighted by Gasteiger charge is 2.23. The summed E-state index contributed by atoms with van der Waals surface area (Å²) >= 11 is 0.958. The number of aryl methyl sites for hydroxylation is 2. The highest BCUT2D eigenvalue weighted by molar-refractivity contribution is 7.93. The van der Waals surface area contributed by atoms with Gasteiger partial charge in [-0.3, -0.25) is 4.68 Å². The third-order valence-electron chi connectivity index (χ3n) is 4.05. The Labute approximate surface area is 166 Å². The number of carbonyl (C=O) groups excluding carboxylic acids is 1. The molecule has 0 saturated carbocycles. The van der Waals surface area contributed by atoms with E-state index in [0.717, 1.165) is 22.3 Å². The molecule has 0 unspecified atom stereocenters. The number of hydrogen-bond acceptors (Lipinski definition) is 6. The summed E-state index contributed by atoms with van der Waals surface area (Å²) in [6.07, 6.45) is 3.88. The van der Waals surface area contributed by atoms with Gasteiger partial charge < -0.3 is 10.4 Å².